The first-order chi connectivity index (χ1) is 3.41. The third-order valence-corrected chi connectivity index (χ3v) is 0.406. The quantitative estimate of drug-likeness (QED) is 0.285. The Hall–Kier alpha value is -0.570. The molecule has 7 heavy (non-hydrogen) atoms. The zero-order chi connectivity index (χ0) is 5.54. The molecule has 1 fully saturated rings. The van der Waals surface area contributed by atoms with Gasteiger partial charge in [-0.3, -0.25) is 10.0 Å². The minimum Gasteiger partial charge on any atom is -0.289 e. The lowest BCUT2D eigenvalue weighted by atomic mass is 11.0. The summed E-state index contributed by atoms with van der Waals surface area (Å²) >= 11 is 0. The number of hydrogen-bond acceptors (Lipinski definition) is 2. The summed E-state index contributed by atoms with van der Waals surface area (Å²) in [5, 5.41) is 7.26. The maximum absolute atomic E-state index is 8.81. The Morgan fingerprint density at radius 1 is 1.43 bits per heavy atom. The van der Waals surface area contributed by atoms with E-state index in [4.69, 9.17) is 10.0 Å². The highest BCUT2D eigenvalue weighted by molar-refractivity contribution is 5.43. The first-order valence-electron chi connectivity index (χ1n) is 2.25. The molecule has 3 heteroatoms. The molecule has 0 aliphatic heterocycles. The van der Waals surface area contributed by atoms with Crippen molar-refractivity contribution >= 4 is 6.41 Å². The average molecular weight is 103 g/mol. The van der Waals surface area contributed by atoms with Gasteiger partial charge in [0.05, 0.1) is 0 Å². The van der Waals surface area contributed by atoms with Crippen molar-refractivity contribution in [3.8, 4) is 0 Å². The summed E-state index contributed by atoms with van der Waals surface area (Å²) in [5.74, 6) is 0. The molecule has 0 spiro atoms. The number of rotatable bonds is 1. The third kappa shape index (κ3) is 31.2. The van der Waals surface area contributed by atoms with Crippen LogP contribution in [0.4, 0.5) is 0 Å². The van der Waals surface area contributed by atoms with E-state index in [0.717, 1.165) is 0 Å². The number of hydrogen-bond donors (Lipinski definition) is 2. The molecule has 0 atom stereocenters. The van der Waals surface area contributed by atoms with E-state index in [1.807, 2.05) is 0 Å². The van der Waals surface area contributed by atoms with E-state index >= 15 is 0 Å². The molecule has 2 N–H and O–H groups in total. The van der Waals surface area contributed by atoms with Crippen molar-refractivity contribution in [1.82, 2.24) is 5.48 Å². The Balaban J connectivity index is 0.000000105. The molecule has 0 radical (unpaired) electrons. The highest BCUT2D eigenvalue weighted by Gasteiger charge is 1.95. The van der Waals surface area contributed by atoms with Crippen LogP contribution in [0, 0.1) is 0 Å². The van der Waals surface area contributed by atoms with Crippen molar-refractivity contribution in [2.45, 2.75) is 19.3 Å². The molecule has 1 aliphatic rings. The Labute approximate surface area is 42.3 Å². The van der Waals surface area contributed by atoms with Gasteiger partial charge in [0.1, 0.15) is 0 Å². The average Bonchev–Trinajstić information content (AvgIpc) is 2.47. The van der Waals surface area contributed by atoms with Crippen molar-refractivity contribution in [2.24, 2.45) is 0 Å². The molecule has 1 aliphatic carbocycles. The van der Waals surface area contributed by atoms with Gasteiger partial charge in [0.2, 0.25) is 6.41 Å². The fourth-order valence-electron chi connectivity index (χ4n) is 0. The summed E-state index contributed by atoms with van der Waals surface area (Å²) in [7, 11) is 0. The summed E-state index contributed by atoms with van der Waals surface area (Å²) in [6.45, 7) is 0. The van der Waals surface area contributed by atoms with Crippen molar-refractivity contribution in [3.05, 3.63) is 0 Å². The van der Waals surface area contributed by atoms with E-state index in [1.54, 1.807) is 0 Å². The van der Waals surface area contributed by atoms with Gasteiger partial charge in [0.15, 0.2) is 0 Å². The summed E-state index contributed by atoms with van der Waals surface area (Å²) < 4.78 is 0. The number of hydroxylamine groups is 1. The molecule has 0 aromatic rings. The molecule has 1 saturated carbocycles. The number of nitrogens with one attached hydrogen (secondary N) is 1. The van der Waals surface area contributed by atoms with Gasteiger partial charge in [-0.1, -0.05) is 19.3 Å². The van der Waals surface area contributed by atoms with Crippen LogP contribution in [0.15, 0.2) is 0 Å². The van der Waals surface area contributed by atoms with Crippen LogP contribution < -0.4 is 5.48 Å². The fraction of sp³-hybridized carbons (Fsp3) is 0.750. The van der Waals surface area contributed by atoms with E-state index in [1.165, 1.54) is 24.7 Å². The summed E-state index contributed by atoms with van der Waals surface area (Å²) in [5.41, 5.74) is 1.25. The Morgan fingerprint density at radius 2 is 1.71 bits per heavy atom. The van der Waals surface area contributed by atoms with E-state index in [9.17, 15) is 0 Å². The number of carbonyl (C=O) groups is 1. The van der Waals surface area contributed by atoms with Gasteiger partial charge in [0, 0.05) is 0 Å². The maximum Gasteiger partial charge on any atom is 0.230 e. The highest BCUT2D eigenvalue weighted by atomic mass is 16.5. The van der Waals surface area contributed by atoms with Crippen LogP contribution in [0.3, 0.4) is 0 Å². The second-order valence-electron chi connectivity index (χ2n) is 1.31. The standard InChI is InChI=1S/C3H6.CH3NO2/c1-2-3-1;3-1-2-4/h1-3H2;1,4H,(H,2,3). The van der Waals surface area contributed by atoms with Gasteiger partial charge in [-0.05, 0) is 0 Å². The van der Waals surface area contributed by atoms with Crippen molar-refractivity contribution in [1.29, 1.82) is 0 Å². The van der Waals surface area contributed by atoms with Crippen LogP contribution in [0.5, 0.6) is 0 Å². The molecular formula is C4H9NO2. The minimum absolute atomic E-state index is 0.181. The Kier molecular flexibility index (Phi) is 4.99. The lowest BCUT2D eigenvalue weighted by molar-refractivity contribution is -0.116. The molecule has 3 nitrogen and oxygen atoms in total. The Morgan fingerprint density at radius 3 is 1.71 bits per heavy atom. The van der Waals surface area contributed by atoms with Gasteiger partial charge < -0.3 is 0 Å². The molecule has 0 aromatic carbocycles. The molecule has 0 unspecified atom stereocenters. The first kappa shape index (κ1) is 6.43. The molecule has 0 bridgehead atoms. The van der Waals surface area contributed by atoms with E-state index < -0.39 is 0 Å². The predicted molar refractivity (Wildman–Crippen MR) is 24.8 cm³/mol. The van der Waals surface area contributed by atoms with Gasteiger partial charge in [-0.15, -0.1) is 0 Å². The van der Waals surface area contributed by atoms with E-state index in [-0.39, 0.29) is 6.41 Å². The lowest BCUT2D eigenvalue weighted by Gasteiger charge is -1.64. The van der Waals surface area contributed by atoms with Crippen molar-refractivity contribution < 1.29 is 10.0 Å². The fourth-order valence-corrected chi connectivity index (χ4v) is 0. The van der Waals surface area contributed by atoms with Crippen LogP contribution in [0.1, 0.15) is 19.3 Å². The molecule has 1 rings (SSSR count). The zero-order valence-electron chi connectivity index (χ0n) is 4.05. The van der Waals surface area contributed by atoms with Crippen molar-refractivity contribution in [2.75, 3.05) is 0 Å². The van der Waals surface area contributed by atoms with Crippen LogP contribution in [0.25, 0.3) is 0 Å². The van der Waals surface area contributed by atoms with Gasteiger partial charge >= 0.3 is 0 Å². The second kappa shape index (κ2) is 5.43. The van der Waals surface area contributed by atoms with Gasteiger partial charge in [0.25, 0.3) is 0 Å². The molecular weight excluding hydrogens is 94.0 g/mol. The largest absolute Gasteiger partial charge is 0.289 e. The summed E-state index contributed by atoms with van der Waals surface area (Å²) in [4.78, 5) is 8.81. The normalized spacial score (nSPS) is 13.3. The van der Waals surface area contributed by atoms with Crippen LogP contribution in [0.2, 0.25) is 0 Å². The van der Waals surface area contributed by atoms with Crippen LogP contribution in [-0.2, 0) is 4.79 Å². The number of carbonyl (C=O) groups excluding carboxylic acids is 1. The number of amides is 1. The molecule has 0 saturated heterocycles. The molecule has 42 valence electrons. The van der Waals surface area contributed by atoms with E-state index in [0.29, 0.717) is 0 Å². The molecule has 0 heterocycles. The third-order valence-electron chi connectivity index (χ3n) is 0.406. The minimum atomic E-state index is 0.181. The smallest absolute Gasteiger partial charge is 0.230 e. The SMILES string of the molecule is C1CC1.O=CNO. The summed E-state index contributed by atoms with van der Waals surface area (Å²) in [6, 6.07) is 0. The predicted octanol–water partition coefficient (Wildman–Crippen LogP) is 0.292. The van der Waals surface area contributed by atoms with Crippen molar-refractivity contribution in [3.63, 3.8) is 0 Å². The first-order valence-corrected chi connectivity index (χ1v) is 2.25. The highest BCUT2D eigenvalue weighted by Crippen LogP contribution is 2.14. The summed E-state index contributed by atoms with van der Waals surface area (Å²) in [6.07, 6.45) is 4.68. The topological polar surface area (TPSA) is 49.3 Å². The van der Waals surface area contributed by atoms with E-state index in [2.05, 4.69) is 0 Å². The van der Waals surface area contributed by atoms with Gasteiger partial charge in [-0.25, -0.2) is 5.48 Å². The zero-order valence-corrected chi connectivity index (χ0v) is 4.05. The van der Waals surface area contributed by atoms with Crippen LogP contribution in [-0.4, -0.2) is 11.6 Å². The monoisotopic (exact) mass is 103 g/mol. The van der Waals surface area contributed by atoms with Gasteiger partial charge in [-0.2, -0.15) is 0 Å². The lowest BCUT2D eigenvalue weighted by Crippen LogP contribution is -1.99. The molecule has 1 amide bonds. The Bertz CT molecular complexity index is 42.2. The maximum atomic E-state index is 8.81. The molecule has 0 aromatic heterocycles. The van der Waals surface area contributed by atoms with Crippen LogP contribution >= 0.6 is 0 Å². The second-order valence-corrected chi connectivity index (χ2v) is 1.31.